The van der Waals surface area contributed by atoms with Gasteiger partial charge in [-0.05, 0) is 25.2 Å². The number of nitrogens with zero attached hydrogens (tertiary/aromatic N) is 2. The molecular formula is C15H25N5O3S. The van der Waals surface area contributed by atoms with Crippen molar-refractivity contribution >= 4 is 23.7 Å². The van der Waals surface area contributed by atoms with Crippen molar-refractivity contribution in [3.63, 3.8) is 0 Å². The van der Waals surface area contributed by atoms with Gasteiger partial charge >= 0.3 is 11.7 Å². The van der Waals surface area contributed by atoms with Crippen molar-refractivity contribution in [1.82, 2.24) is 25.4 Å². The fourth-order valence-corrected chi connectivity index (χ4v) is 3.63. The summed E-state index contributed by atoms with van der Waals surface area (Å²) in [5.41, 5.74) is -0.288. The van der Waals surface area contributed by atoms with Crippen molar-refractivity contribution in [2.24, 2.45) is 5.92 Å². The topological polar surface area (TPSA) is 109 Å². The van der Waals surface area contributed by atoms with Gasteiger partial charge in [0, 0.05) is 12.6 Å². The second-order valence-corrected chi connectivity index (χ2v) is 7.08. The minimum Gasteiger partial charge on any atom is -0.335 e. The molecule has 134 valence electrons. The Bertz CT molecular complexity index is 627. The number of hydrogen-bond donors (Lipinski definition) is 3. The SMILES string of the molecule is CCCn1c(SCC(=O)NC(=O)N[C@@H]2CCCC[C@@H]2C)n[nH]c1=O. The Labute approximate surface area is 145 Å². The molecule has 1 aliphatic rings. The highest BCUT2D eigenvalue weighted by Gasteiger charge is 2.23. The van der Waals surface area contributed by atoms with E-state index < -0.39 is 11.9 Å². The van der Waals surface area contributed by atoms with Gasteiger partial charge in [-0.15, -0.1) is 5.10 Å². The summed E-state index contributed by atoms with van der Waals surface area (Å²) in [7, 11) is 0. The lowest BCUT2D eigenvalue weighted by molar-refractivity contribution is -0.117. The fraction of sp³-hybridized carbons (Fsp3) is 0.733. The highest BCUT2D eigenvalue weighted by Crippen LogP contribution is 2.23. The predicted octanol–water partition coefficient (Wildman–Crippen LogP) is 1.48. The lowest BCUT2D eigenvalue weighted by atomic mass is 9.86. The third-order valence-corrected chi connectivity index (χ3v) is 5.16. The predicted molar refractivity (Wildman–Crippen MR) is 92.0 cm³/mol. The van der Waals surface area contributed by atoms with Gasteiger partial charge in [0.05, 0.1) is 5.75 Å². The van der Waals surface area contributed by atoms with Crippen LogP contribution in [0.4, 0.5) is 4.79 Å². The van der Waals surface area contributed by atoms with Gasteiger partial charge in [0.15, 0.2) is 5.16 Å². The van der Waals surface area contributed by atoms with Crippen LogP contribution in [-0.4, -0.2) is 38.5 Å². The quantitative estimate of drug-likeness (QED) is 0.670. The van der Waals surface area contributed by atoms with Crippen LogP contribution < -0.4 is 16.3 Å². The summed E-state index contributed by atoms with van der Waals surface area (Å²) in [6, 6.07) is -0.326. The molecule has 0 aromatic carbocycles. The van der Waals surface area contributed by atoms with Crippen LogP contribution in [0.25, 0.3) is 0 Å². The Morgan fingerprint density at radius 1 is 1.38 bits per heavy atom. The Morgan fingerprint density at radius 3 is 2.83 bits per heavy atom. The first-order valence-electron chi connectivity index (χ1n) is 8.39. The normalized spacial score (nSPS) is 20.6. The van der Waals surface area contributed by atoms with E-state index >= 15 is 0 Å². The summed E-state index contributed by atoms with van der Waals surface area (Å²) < 4.78 is 1.49. The molecule has 1 aliphatic carbocycles. The molecule has 0 spiro atoms. The highest BCUT2D eigenvalue weighted by molar-refractivity contribution is 7.99. The van der Waals surface area contributed by atoms with E-state index in [0.29, 0.717) is 17.6 Å². The number of rotatable bonds is 6. The second kappa shape index (κ2) is 8.91. The number of imide groups is 1. The van der Waals surface area contributed by atoms with Crippen LogP contribution in [0.1, 0.15) is 46.0 Å². The maximum Gasteiger partial charge on any atom is 0.343 e. The highest BCUT2D eigenvalue weighted by atomic mass is 32.2. The summed E-state index contributed by atoms with van der Waals surface area (Å²) >= 11 is 1.13. The lowest BCUT2D eigenvalue weighted by Gasteiger charge is -2.29. The van der Waals surface area contributed by atoms with Gasteiger partial charge in [-0.1, -0.05) is 38.5 Å². The maximum absolute atomic E-state index is 11.9. The molecule has 3 amide bonds. The first-order valence-corrected chi connectivity index (χ1v) is 9.38. The Hall–Kier alpha value is -1.77. The zero-order chi connectivity index (χ0) is 17.5. The van der Waals surface area contributed by atoms with Gasteiger partial charge in [0.2, 0.25) is 5.91 Å². The van der Waals surface area contributed by atoms with E-state index in [1.165, 1.54) is 11.0 Å². The van der Waals surface area contributed by atoms with Crippen molar-refractivity contribution < 1.29 is 9.59 Å². The number of amides is 3. The average Bonchev–Trinajstić information content (AvgIpc) is 2.88. The average molecular weight is 355 g/mol. The van der Waals surface area contributed by atoms with E-state index in [2.05, 4.69) is 27.8 Å². The van der Waals surface area contributed by atoms with Crippen LogP contribution in [0.3, 0.4) is 0 Å². The number of hydrogen-bond acceptors (Lipinski definition) is 5. The van der Waals surface area contributed by atoms with Crippen molar-refractivity contribution in [1.29, 1.82) is 0 Å². The molecule has 0 saturated heterocycles. The molecule has 24 heavy (non-hydrogen) atoms. The minimum absolute atomic E-state index is 0.0294. The summed E-state index contributed by atoms with van der Waals surface area (Å²) in [4.78, 5) is 35.4. The molecule has 0 bridgehead atoms. The molecule has 1 aromatic rings. The van der Waals surface area contributed by atoms with Crippen LogP contribution in [0.15, 0.2) is 9.95 Å². The second-order valence-electron chi connectivity index (χ2n) is 6.14. The Kier molecular flexibility index (Phi) is 6.89. The maximum atomic E-state index is 11.9. The molecule has 9 heteroatoms. The van der Waals surface area contributed by atoms with E-state index in [1.54, 1.807) is 0 Å². The number of aromatic amines is 1. The molecule has 2 atom stereocenters. The monoisotopic (exact) mass is 355 g/mol. The van der Waals surface area contributed by atoms with Gasteiger partial charge < -0.3 is 5.32 Å². The number of thioether (sulfide) groups is 1. The van der Waals surface area contributed by atoms with Gasteiger partial charge in [0.25, 0.3) is 0 Å². The molecule has 2 rings (SSSR count). The van der Waals surface area contributed by atoms with E-state index in [1.807, 2.05) is 6.92 Å². The molecule has 1 saturated carbocycles. The molecule has 0 radical (unpaired) electrons. The Balaban J connectivity index is 1.78. The minimum atomic E-state index is -0.452. The van der Waals surface area contributed by atoms with Crippen LogP contribution >= 0.6 is 11.8 Å². The van der Waals surface area contributed by atoms with E-state index in [4.69, 9.17) is 0 Å². The van der Waals surface area contributed by atoms with Gasteiger partial charge in [0.1, 0.15) is 0 Å². The molecule has 3 N–H and O–H groups in total. The molecule has 0 aliphatic heterocycles. The standard InChI is InChI=1S/C15H25N5O3S/c1-3-8-20-14(23)18-19-15(20)24-9-12(21)17-13(22)16-11-7-5-4-6-10(11)2/h10-11H,3-9H2,1-2H3,(H,18,23)(H2,16,17,21,22)/t10-,11+/m0/s1. The third kappa shape index (κ3) is 5.12. The van der Waals surface area contributed by atoms with E-state index in [9.17, 15) is 14.4 Å². The molecule has 1 fully saturated rings. The molecule has 8 nitrogen and oxygen atoms in total. The molecule has 1 aromatic heterocycles. The lowest BCUT2D eigenvalue weighted by Crippen LogP contribution is -2.48. The smallest absolute Gasteiger partial charge is 0.335 e. The molecular weight excluding hydrogens is 330 g/mol. The summed E-state index contributed by atoms with van der Waals surface area (Å²) in [6.07, 6.45) is 5.14. The number of carbonyl (C=O) groups excluding carboxylic acids is 2. The molecule has 0 unspecified atom stereocenters. The van der Waals surface area contributed by atoms with Gasteiger partial charge in [-0.3, -0.25) is 14.7 Å². The van der Waals surface area contributed by atoms with E-state index in [0.717, 1.165) is 37.4 Å². The van der Waals surface area contributed by atoms with Crippen LogP contribution in [0.2, 0.25) is 0 Å². The first-order chi connectivity index (χ1) is 11.5. The number of urea groups is 1. The third-order valence-electron chi connectivity index (χ3n) is 4.18. The summed E-state index contributed by atoms with van der Waals surface area (Å²) in [6.45, 7) is 4.61. The Morgan fingerprint density at radius 2 is 2.12 bits per heavy atom. The number of carbonyl (C=O) groups is 2. The van der Waals surface area contributed by atoms with Crippen LogP contribution in [0, 0.1) is 5.92 Å². The summed E-state index contributed by atoms with van der Waals surface area (Å²) in [5.74, 6) is 0.0581. The van der Waals surface area contributed by atoms with Crippen molar-refractivity contribution in [2.45, 2.75) is 63.7 Å². The van der Waals surface area contributed by atoms with Crippen molar-refractivity contribution in [3.05, 3.63) is 10.5 Å². The summed E-state index contributed by atoms with van der Waals surface area (Å²) in [5, 5.41) is 11.9. The number of H-pyrrole nitrogens is 1. The van der Waals surface area contributed by atoms with Crippen molar-refractivity contribution in [2.75, 3.05) is 5.75 Å². The fourth-order valence-electron chi connectivity index (χ4n) is 2.86. The van der Waals surface area contributed by atoms with Crippen molar-refractivity contribution in [3.8, 4) is 0 Å². The first kappa shape index (κ1) is 18.6. The van der Waals surface area contributed by atoms with Crippen LogP contribution in [0.5, 0.6) is 0 Å². The number of nitrogens with one attached hydrogen (secondary N) is 3. The largest absolute Gasteiger partial charge is 0.343 e. The van der Waals surface area contributed by atoms with Crippen LogP contribution in [-0.2, 0) is 11.3 Å². The van der Waals surface area contributed by atoms with E-state index in [-0.39, 0.29) is 17.5 Å². The molecule has 1 heterocycles. The van der Waals surface area contributed by atoms with Gasteiger partial charge in [-0.2, -0.15) is 0 Å². The zero-order valence-electron chi connectivity index (χ0n) is 14.1. The van der Waals surface area contributed by atoms with Gasteiger partial charge in [-0.25, -0.2) is 14.7 Å². The number of aromatic nitrogens is 3. The zero-order valence-corrected chi connectivity index (χ0v) is 14.9.